The van der Waals surface area contributed by atoms with Gasteiger partial charge in [0, 0.05) is 20.1 Å². The minimum atomic E-state index is 0.394. The molecule has 1 atom stereocenters. The van der Waals surface area contributed by atoms with Crippen LogP contribution in [0.15, 0.2) is 0 Å². The first kappa shape index (κ1) is 12.9. The zero-order valence-electron chi connectivity index (χ0n) is 11.3. The van der Waals surface area contributed by atoms with E-state index in [1.165, 1.54) is 12.8 Å². The Labute approximate surface area is 108 Å². The summed E-state index contributed by atoms with van der Waals surface area (Å²) in [6, 6.07) is 0.394. The molecule has 100 valence electrons. The summed E-state index contributed by atoms with van der Waals surface area (Å²) in [6.07, 6.45) is 2.46. The Balaban J connectivity index is 2.22. The quantitative estimate of drug-likeness (QED) is 0.876. The van der Waals surface area contributed by atoms with Crippen LogP contribution >= 0.6 is 0 Å². The molecule has 6 nitrogen and oxygen atoms in total. The van der Waals surface area contributed by atoms with E-state index < -0.39 is 0 Å². The first-order chi connectivity index (χ1) is 8.72. The number of ether oxygens (including phenoxy) is 1. The fourth-order valence-corrected chi connectivity index (χ4v) is 2.16. The predicted molar refractivity (Wildman–Crippen MR) is 71.2 cm³/mol. The molecule has 1 saturated heterocycles. The molecule has 1 aliphatic heterocycles. The van der Waals surface area contributed by atoms with Crippen molar-refractivity contribution in [2.75, 3.05) is 37.0 Å². The largest absolute Gasteiger partial charge is 0.464 e. The van der Waals surface area contributed by atoms with Crippen LogP contribution in [0, 0.1) is 5.92 Å². The minimum Gasteiger partial charge on any atom is -0.464 e. The zero-order valence-corrected chi connectivity index (χ0v) is 11.3. The molecular weight excluding hydrogens is 230 g/mol. The lowest BCUT2D eigenvalue weighted by atomic mass is 10.0. The molecule has 0 radical (unpaired) electrons. The molecule has 0 spiro atoms. The van der Waals surface area contributed by atoms with E-state index in [9.17, 15) is 0 Å². The van der Waals surface area contributed by atoms with Crippen molar-refractivity contribution < 1.29 is 4.74 Å². The summed E-state index contributed by atoms with van der Waals surface area (Å²) >= 11 is 0. The van der Waals surface area contributed by atoms with Crippen LogP contribution in [0.1, 0.15) is 26.7 Å². The van der Waals surface area contributed by atoms with Crippen LogP contribution < -0.4 is 15.0 Å². The highest BCUT2D eigenvalue weighted by atomic mass is 16.5. The second kappa shape index (κ2) is 5.84. The van der Waals surface area contributed by atoms with Gasteiger partial charge >= 0.3 is 6.01 Å². The van der Waals surface area contributed by atoms with Crippen LogP contribution in [0.2, 0.25) is 0 Å². The van der Waals surface area contributed by atoms with E-state index in [0.29, 0.717) is 30.4 Å². The lowest BCUT2D eigenvalue weighted by molar-refractivity contribution is 0.311. The Morgan fingerprint density at radius 3 is 2.89 bits per heavy atom. The Hall–Kier alpha value is -1.59. The SMILES string of the molecule is CCOc1nc(NC)nc(N2CCCC(C)C2)n1. The maximum Gasteiger partial charge on any atom is 0.323 e. The molecule has 18 heavy (non-hydrogen) atoms. The van der Waals surface area contributed by atoms with Crippen molar-refractivity contribution >= 4 is 11.9 Å². The number of nitrogens with zero attached hydrogens (tertiary/aromatic N) is 4. The molecule has 1 aromatic heterocycles. The Kier molecular flexibility index (Phi) is 4.17. The van der Waals surface area contributed by atoms with Gasteiger partial charge in [0.1, 0.15) is 0 Å². The summed E-state index contributed by atoms with van der Waals surface area (Å²) in [5.41, 5.74) is 0. The van der Waals surface area contributed by atoms with E-state index in [2.05, 4.69) is 32.1 Å². The highest BCUT2D eigenvalue weighted by molar-refractivity contribution is 5.38. The van der Waals surface area contributed by atoms with Crippen molar-refractivity contribution in [1.82, 2.24) is 15.0 Å². The third kappa shape index (κ3) is 3.00. The Morgan fingerprint density at radius 1 is 1.39 bits per heavy atom. The van der Waals surface area contributed by atoms with Crippen molar-refractivity contribution in [3.63, 3.8) is 0 Å². The van der Waals surface area contributed by atoms with Crippen LogP contribution in [0.4, 0.5) is 11.9 Å². The molecule has 1 aromatic rings. The first-order valence-electron chi connectivity index (χ1n) is 6.54. The molecule has 0 aromatic carbocycles. The molecule has 0 aliphatic carbocycles. The van der Waals surface area contributed by atoms with Gasteiger partial charge in [-0.1, -0.05) is 6.92 Å². The number of nitrogens with one attached hydrogen (secondary N) is 1. The van der Waals surface area contributed by atoms with Crippen LogP contribution in [0.5, 0.6) is 6.01 Å². The number of piperidine rings is 1. The average Bonchev–Trinajstić information content (AvgIpc) is 2.39. The fraction of sp³-hybridized carbons (Fsp3) is 0.750. The van der Waals surface area contributed by atoms with Crippen LogP contribution in [0.3, 0.4) is 0 Å². The fourth-order valence-electron chi connectivity index (χ4n) is 2.16. The van der Waals surface area contributed by atoms with Gasteiger partial charge in [-0.05, 0) is 25.7 Å². The molecule has 1 aliphatic rings. The van der Waals surface area contributed by atoms with Crippen molar-refractivity contribution in [2.24, 2.45) is 5.92 Å². The molecule has 0 amide bonds. The van der Waals surface area contributed by atoms with Crippen LogP contribution in [-0.4, -0.2) is 41.7 Å². The maximum atomic E-state index is 5.38. The van der Waals surface area contributed by atoms with Gasteiger partial charge in [-0.2, -0.15) is 15.0 Å². The van der Waals surface area contributed by atoms with Gasteiger partial charge in [-0.3, -0.25) is 0 Å². The smallest absolute Gasteiger partial charge is 0.323 e. The molecular formula is C12H21N5O. The molecule has 1 unspecified atom stereocenters. The third-order valence-corrected chi connectivity index (χ3v) is 3.04. The number of anilines is 2. The second-order valence-corrected chi connectivity index (χ2v) is 4.62. The van der Waals surface area contributed by atoms with E-state index in [1.54, 1.807) is 7.05 Å². The van der Waals surface area contributed by atoms with Gasteiger partial charge in [0.15, 0.2) is 0 Å². The van der Waals surface area contributed by atoms with Crippen molar-refractivity contribution in [3.05, 3.63) is 0 Å². The van der Waals surface area contributed by atoms with Gasteiger partial charge in [0.05, 0.1) is 6.61 Å². The average molecular weight is 251 g/mol. The lowest BCUT2D eigenvalue weighted by Gasteiger charge is -2.30. The minimum absolute atomic E-state index is 0.394. The third-order valence-electron chi connectivity index (χ3n) is 3.04. The molecule has 6 heteroatoms. The number of rotatable bonds is 4. The summed E-state index contributed by atoms with van der Waals surface area (Å²) in [5.74, 6) is 1.95. The van der Waals surface area contributed by atoms with Gasteiger partial charge in [-0.25, -0.2) is 0 Å². The van der Waals surface area contributed by atoms with Crippen LogP contribution in [0.25, 0.3) is 0 Å². The number of hydrogen-bond acceptors (Lipinski definition) is 6. The first-order valence-corrected chi connectivity index (χ1v) is 6.54. The van der Waals surface area contributed by atoms with E-state index in [0.717, 1.165) is 13.1 Å². The topological polar surface area (TPSA) is 63.2 Å². The maximum absolute atomic E-state index is 5.38. The molecule has 2 heterocycles. The Bertz CT molecular complexity index is 398. The van der Waals surface area contributed by atoms with Gasteiger partial charge < -0.3 is 15.0 Å². The van der Waals surface area contributed by atoms with Crippen LogP contribution in [-0.2, 0) is 0 Å². The summed E-state index contributed by atoms with van der Waals surface area (Å²) < 4.78 is 5.38. The van der Waals surface area contributed by atoms with Gasteiger partial charge in [-0.15, -0.1) is 0 Å². The van der Waals surface area contributed by atoms with Crippen molar-refractivity contribution in [1.29, 1.82) is 0 Å². The standard InChI is InChI=1S/C12H21N5O/c1-4-18-12-15-10(13-3)14-11(16-12)17-7-5-6-9(2)8-17/h9H,4-8H2,1-3H3,(H,13,14,15,16). The molecule has 0 saturated carbocycles. The monoisotopic (exact) mass is 251 g/mol. The molecule has 1 N–H and O–H groups in total. The normalized spacial score (nSPS) is 19.7. The second-order valence-electron chi connectivity index (χ2n) is 4.62. The van der Waals surface area contributed by atoms with E-state index in [1.807, 2.05) is 6.92 Å². The summed E-state index contributed by atoms with van der Waals surface area (Å²) in [4.78, 5) is 15.2. The molecule has 1 fully saturated rings. The number of hydrogen-bond donors (Lipinski definition) is 1. The van der Waals surface area contributed by atoms with E-state index >= 15 is 0 Å². The zero-order chi connectivity index (χ0) is 13.0. The molecule has 2 rings (SSSR count). The van der Waals surface area contributed by atoms with Crippen molar-refractivity contribution in [3.8, 4) is 6.01 Å². The Morgan fingerprint density at radius 2 is 2.22 bits per heavy atom. The van der Waals surface area contributed by atoms with E-state index in [4.69, 9.17) is 4.74 Å². The van der Waals surface area contributed by atoms with E-state index in [-0.39, 0.29) is 0 Å². The predicted octanol–water partition coefficient (Wildman–Crippen LogP) is 1.55. The van der Waals surface area contributed by atoms with Gasteiger partial charge in [0.25, 0.3) is 0 Å². The van der Waals surface area contributed by atoms with Crippen molar-refractivity contribution in [2.45, 2.75) is 26.7 Å². The van der Waals surface area contributed by atoms with Gasteiger partial charge in [0.2, 0.25) is 11.9 Å². The lowest BCUT2D eigenvalue weighted by Crippen LogP contribution is -2.35. The summed E-state index contributed by atoms with van der Waals surface area (Å²) in [6.45, 7) is 6.74. The highest BCUT2D eigenvalue weighted by Gasteiger charge is 2.20. The highest BCUT2D eigenvalue weighted by Crippen LogP contribution is 2.21. The number of aromatic nitrogens is 3. The summed E-state index contributed by atoms with van der Waals surface area (Å²) in [5, 5.41) is 2.95. The summed E-state index contributed by atoms with van der Waals surface area (Å²) in [7, 11) is 1.80. The molecule has 0 bridgehead atoms.